The van der Waals surface area contributed by atoms with Gasteiger partial charge in [-0.3, -0.25) is 0 Å². The minimum atomic E-state index is -1.73. The molecular weight excluding hydrogens is 294 g/mol. The van der Waals surface area contributed by atoms with Gasteiger partial charge in [-0.2, -0.15) is 0 Å². The van der Waals surface area contributed by atoms with Gasteiger partial charge in [0.1, 0.15) is 0 Å². The molecule has 0 radical (unpaired) electrons. The highest BCUT2D eigenvalue weighted by atomic mass is 16.1. The summed E-state index contributed by atoms with van der Waals surface area (Å²) < 4.78 is 0. The van der Waals surface area contributed by atoms with Gasteiger partial charge in [-0.05, 0) is 25.2 Å². The van der Waals surface area contributed by atoms with E-state index in [9.17, 15) is 14.4 Å². The topological polar surface area (TPSA) is 88.3 Å². The summed E-state index contributed by atoms with van der Waals surface area (Å²) in [4.78, 5) is 44.1. The molecule has 0 amide bonds. The van der Waals surface area contributed by atoms with E-state index in [2.05, 4.69) is 15.0 Å². The van der Waals surface area contributed by atoms with Crippen molar-refractivity contribution < 1.29 is 14.4 Å². The van der Waals surface area contributed by atoms with Crippen molar-refractivity contribution >= 4 is 18.2 Å². The molecule has 2 saturated carbocycles. The Labute approximate surface area is 136 Å². The van der Waals surface area contributed by atoms with E-state index in [0.717, 1.165) is 51.4 Å². The molecule has 23 heavy (non-hydrogen) atoms. The lowest BCUT2D eigenvalue weighted by atomic mass is 9.63. The van der Waals surface area contributed by atoms with E-state index in [0.29, 0.717) is 5.92 Å². The first-order chi connectivity index (χ1) is 11.2. The molecule has 0 aromatic rings. The summed E-state index contributed by atoms with van der Waals surface area (Å²) in [6.45, 7) is 0. The SMILES string of the molecule is O=C=NC(N=C=O)(N=C=O)C1(CC2CCCCC2)CCCCC1. The molecule has 2 aliphatic carbocycles. The standard InChI is InChI=1S/C17H23N3O3/c21-12-18-17(19-13-22,20-14-23)16(9-5-2-6-10-16)11-15-7-3-1-4-8-15/h15H,1-11H2. The van der Waals surface area contributed by atoms with Crippen LogP contribution >= 0.6 is 0 Å². The van der Waals surface area contributed by atoms with Gasteiger partial charge in [0, 0.05) is 5.41 Å². The van der Waals surface area contributed by atoms with Crippen molar-refractivity contribution in [2.75, 3.05) is 0 Å². The van der Waals surface area contributed by atoms with Gasteiger partial charge >= 0.3 is 0 Å². The van der Waals surface area contributed by atoms with Crippen LogP contribution in [0.4, 0.5) is 0 Å². The minimum Gasteiger partial charge on any atom is -0.211 e. The quantitative estimate of drug-likeness (QED) is 0.554. The monoisotopic (exact) mass is 317 g/mol. The number of hydrogen-bond donors (Lipinski definition) is 0. The molecular formula is C17H23N3O3. The van der Waals surface area contributed by atoms with Crippen molar-refractivity contribution in [2.45, 2.75) is 76.4 Å². The van der Waals surface area contributed by atoms with E-state index in [1.54, 1.807) is 0 Å². The second-order valence-electron chi connectivity index (χ2n) is 6.79. The second kappa shape index (κ2) is 8.12. The summed E-state index contributed by atoms with van der Waals surface area (Å²) in [5, 5.41) is 0. The number of isocyanates is 3. The van der Waals surface area contributed by atoms with E-state index in [1.807, 2.05) is 0 Å². The Balaban J connectivity index is 2.45. The zero-order valence-corrected chi connectivity index (χ0v) is 13.4. The molecule has 0 aromatic carbocycles. The van der Waals surface area contributed by atoms with Crippen LogP contribution in [0.1, 0.15) is 70.6 Å². The lowest BCUT2D eigenvalue weighted by molar-refractivity contribution is 0.0410. The highest BCUT2D eigenvalue weighted by Crippen LogP contribution is 2.53. The van der Waals surface area contributed by atoms with Gasteiger partial charge in [0.2, 0.25) is 18.2 Å². The second-order valence-corrected chi connectivity index (χ2v) is 6.79. The van der Waals surface area contributed by atoms with Crippen molar-refractivity contribution in [3.8, 4) is 0 Å². The van der Waals surface area contributed by atoms with Crippen LogP contribution in [0.5, 0.6) is 0 Å². The van der Waals surface area contributed by atoms with Gasteiger partial charge in [0.25, 0.3) is 5.79 Å². The van der Waals surface area contributed by atoms with Crippen LogP contribution in [-0.4, -0.2) is 24.0 Å². The smallest absolute Gasteiger partial charge is 0.211 e. The molecule has 0 bridgehead atoms. The first kappa shape index (κ1) is 17.5. The van der Waals surface area contributed by atoms with Crippen LogP contribution in [0.15, 0.2) is 15.0 Å². The molecule has 6 nitrogen and oxygen atoms in total. The third-order valence-electron chi connectivity index (χ3n) is 5.53. The highest BCUT2D eigenvalue weighted by Gasteiger charge is 2.54. The normalized spacial score (nSPS) is 23.5. The predicted octanol–water partition coefficient (Wildman–Crippen LogP) is 3.57. The highest BCUT2D eigenvalue weighted by molar-refractivity contribution is 5.43. The maximum Gasteiger partial charge on any atom is 0.283 e. The summed E-state index contributed by atoms with van der Waals surface area (Å²) in [5.41, 5.74) is -0.584. The van der Waals surface area contributed by atoms with E-state index in [4.69, 9.17) is 0 Å². The third kappa shape index (κ3) is 3.73. The average Bonchev–Trinajstić information content (AvgIpc) is 2.57. The largest absolute Gasteiger partial charge is 0.283 e. The Hall–Kier alpha value is -1.86. The Morgan fingerprint density at radius 2 is 1.26 bits per heavy atom. The summed E-state index contributed by atoms with van der Waals surface area (Å²) >= 11 is 0. The molecule has 6 heteroatoms. The Morgan fingerprint density at radius 3 is 1.74 bits per heavy atom. The Kier molecular flexibility index (Phi) is 6.18. The summed E-state index contributed by atoms with van der Waals surface area (Å²) in [5.74, 6) is -1.23. The summed E-state index contributed by atoms with van der Waals surface area (Å²) in [7, 11) is 0. The fourth-order valence-electron chi connectivity index (χ4n) is 4.47. The molecule has 0 heterocycles. The van der Waals surface area contributed by atoms with Gasteiger partial charge in [-0.1, -0.05) is 51.4 Å². The van der Waals surface area contributed by atoms with Gasteiger partial charge in [0.15, 0.2) is 0 Å². The Morgan fingerprint density at radius 1 is 0.783 bits per heavy atom. The molecule has 124 valence electrons. The number of aliphatic imine (C=N–C) groups is 3. The summed E-state index contributed by atoms with van der Waals surface area (Å²) in [6, 6.07) is 0. The molecule has 0 aromatic heterocycles. The first-order valence-electron chi connectivity index (χ1n) is 8.49. The maximum absolute atomic E-state index is 11.0. The molecule has 0 unspecified atom stereocenters. The van der Waals surface area contributed by atoms with E-state index < -0.39 is 11.2 Å². The maximum atomic E-state index is 11.0. The van der Waals surface area contributed by atoms with Crippen LogP contribution in [0.3, 0.4) is 0 Å². The van der Waals surface area contributed by atoms with Crippen LogP contribution in [0.2, 0.25) is 0 Å². The minimum absolute atomic E-state index is 0.492. The van der Waals surface area contributed by atoms with Crippen LogP contribution in [-0.2, 0) is 14.4 Å². The molecule has 0 atom stereocenters. The van der Waals surface area contributed by atoms with Gasteiger partial charge in [0.05, 0.1) is 0 Å². The molecule has 0 saturated heterocycles. The average molecular weight is 317 g/mol. The van der Waals surface area contributed by atoms with E-state index in [1.165, 1.54) is 37.5 Å². The van der Waals surface area contributed by atoms with E-state index >= 15 is 0 Å². The fraction of sp³-hybridized carbons (Fsp3) is 0.824. The van der Waals surface area contributed by atoms with Gasteiger partial charge < -0.3 is 0 Å². The molecule has 0 aliphatic heterocycles. The van der Waals surface area contributed by atoms with Crippen molar-refractivity contribution in [3.05, 3.63) is 0 Å². The lowest BCUT2D eigenvalue weighted by Crippen LogP contribution is -2.47. The first-order valence-corrected chi connectivity index (χ1v) is 8.49. The number of hydrogen-bond acceptors (Lipinski definition) is 6. The number of nitrogens with zero attached hydrogens (tertiary/aromatic N) is 3. The van der Waals surface area contributed by atoms with Crippen LogP contribution in [0.25, 0.3) is 0 Å². The summed E-state index contributed by atoms with van der Waals surface area (Å²) in [6.07, 6.45) is 15.5. The Bertz CT molecular complexity index is 498. The fourth-order valence-corrected chi connectivity index (χ4v) is 4.47. The van der Waals surface area contributed by atoms with Crippen molar-refractivity contribution in [1.82, 2.24) is 0 Å². The molecule has 2 rings (SSSR count). The molecule has 0 spiro atoms. The zero-order chi connectivity index (χ0) is 16.6. The number of rotatable bonds is 6. The number of carbonyl (C=O) groups excluding carboxylic acids is 3. The van der Waals surface area contributed by atoms with Crippen LogP contribution in [0, 0.1) is 11.3 Å². The van der Waals surface area contributed by atoms with E-state index in [-0.39, 0.29) is 0 Å². The zero-order valence-electron chi connectivity index (χ0n) is 13.4. The van der Waals surface area contributed by atoms with Crippen molar-refractivity contribution in [1.29, 1.82) is 0 Å². The third-order valence-corrected chi connectivity index (χ3v) is 5.53. The lowest BCUT2D eigenvalue weighted by Gasteiger charge is -2.45. The molecule has 0 N–H and O–H groups in total. The molecule has 2 aliphatic rings. The van der Waals surface area contributed by atoms with Crippen LogP contribution < -0.4 is 0 Å². The predicted molar refractivity (Wildman–Crippen MR) is 83.8 cm³/mol. The van der Waals surface area contributed by atoms with Crippen molar-refractivity contribution in [2.24, 2.45) is 26.3 Å². The van der Waals surface area contributed by atoms with Gasteiger partial charge in [-0.25, -0.2) is 14.4 Å². The molecule has 2 fully saturated rings. The van der Waals surface area contributed by atoms with Crippen molar-refractivity contribution in [3.63, 3.8) is 0 Å². The van der Waals surface area contributed by atoms with Gasteiger partial charge in [-0.15, -0.1) is 15.0 Å².